The SMILES string of the molecule is CCCc1ccc(-c2cn(C)nc2CC(=O)O)cc1. The Morgan fingerprint density at radius 3 is 2.58 bits per heavy atom. The summed E-state index contributed by atoms with van der Waals surface area (Å²) >= 11 is 0. The second-order valence-corrected chi connectivity index (χ2v) is 4.68. The van der Waals surface area contributed by atoms with Crippen LogP contribution in [-0.2, 0) is 24.7 Å². The summed E-state index contributed by atoms with van der Waals surface area (Å²) in [6, 6.07) is 8.26. The number of carboxylic acids is 1. The van der Waals surface area contributed by atoms with Crippen molar-refractivity contribution in [2.75, 3.05) is 0 Å². The summed E-state index contributed by atoms with van der Waals surface area (Å²) in [5.74, 6) is -0.859. The van der Waals surface area contributed by atoms with Gasteiger partial charge in [0.2, 0.25) is 0 Å². The average Bonchev–Trinajstić information content (AvgIpc) is 2.71. The van der Waals surface area contributed by atoms with Gasteiger partial charge in [0.25, 0.3) is 0 Å². The Balaban J connectivity index is 2.32. The number of carboxylic acid groups (broad SMARTS) is 1. The molecule has 0 spiro atoms. The number of aromatic nitrogens is 2. The average molecular weight is 258 g/mol. The smallest absolute Gasteiger partial charge is 0.309 e. The molecule has 1 aromatic heterocycles. The summed E-state index contributed by atoms with van der Waals surface area (Å²) in [5.41, 5.74) is 3.82. The molecule has 19 heavy (non-hydrogen) atoms. The molecule has 0 atom stereocenters. The monoisotopic (exact) mass is 258 g/mol. The van der Waals surface area contributed by atoms with Crippen molar-refractivity contribution in [1.29, 1.82) is 0 Å². The number of rotatable bonds is 5. The zero-order valence-corrected chi connectivity index (χ0v) is 11.3. The van der Waals surface area contributed by atoms with Crippen LogP contribution in [-0.4, -0.2) is 20.9 Å². The van der Waals surface area contributed by atoms with Crippen molar-refractivity contribution in [3.63, 3.8) is 0 Å². The van der Waals surface area contributed by atoms with Gasteiger partial charge in [-0.3, -0.25) is 9.48 Å². The maximum atomic E-state index is 10.9. The Morgan fingerprint density at radius 1 is 1.32 bits per heavy atom. The molecule has 0 saturated carbocycles. The first-order chi connectivity index (χ1) is 9.10. The molecule has 0 bridgehead atoms. The first-order valence-corrected chi connectivity index (χ1v) is 6.43. The number of aliphatic carboxylic acids is 1. The summed E-state index contributed by atoms with van der Waals surface area (Å²) in [6.45, 7) is 2.15. The third-order valence-corrected chi connectivity index (χ3v) is 3.03. The Morgan fingerprint density at radius 2 is 2.00 bits per heavy atom. The van der Waals surface area contributed by atoms with Crippen LogP contribution < -0.4 is 0 Å². The van der Waals surface area contributed by atoms with E-state index >= 15 is 0 Å². The Labute approximate surface area is 112 Å². The van der Waals surface area contributed by atoms with E-state index in [-0.39, 0.29) is 6.42 Å². The van der Waals surface area contributed by atoms with Crippen molar-refractivity contribution in [1.82, 2.24) is 9.78 Å². The second kappa shape index (κ2) is 5.69. The van der Waals surface area contributed by atoms with E-state index in [2.05, 4.69) is 24.2 Å². The first kappa shape index (κ1) is 13.3. The van der Waals surface area contributed by atoms with Crippen LogP contribution in [0.5, 0.6) is 0 Å². The van der Waals surface area contributed by atoms with Crippen molar-refractivity contribution in [2.24, 2.45) is 7.05 Å². The molecule has 4 nitrogen and oxygen atoms in total. The van der Waals surface area contributed by atoms with Crippen LogP contribution in [0.1, 0.15) is 24.6 Å². The van der Waals surface area contributed by atoms with Gasteiger partial charge >= 0.3 is 5.97 Å². The molecule has 1 N–H and O–H groups in total. The Kier molecular flexibility index (Phi) is 4.00. The third-order valence-electron chi connectivity index (χ3n) is 3.03. The molecular formula is C15H18N2O2. The van der Waals surface area contributed by atoms with Crippen LogP contribution in [0.4, 0.5) is 0 Å². The van der Waals surface area contributed by atoms with Crippen LogP contribution in [0.2, 0.25) is 0 Å². The number of benzene rings is 1. The minimum atomic E-state index is -0.859. The lowest BCUT2D eigenvalue weighted by Crippen LogP contribution is -2.02. The van der Waals surface area contributed by atoms with E-state index in [9.17, 15) is 4.79 Å². The number of aryl methyl sites for hydroxylation is 2. The highest BCUT2D eigenvalue weighted by molar-refractivity contribution is 5.75. The lowest BCUT2D eigenvalue weighted by Gasteiger charge is -2.03. The molecule has 4 heteroatoms. The molecule has 0 unspecified atom stereocenters. The van der Waals surface area contributed by atoms with Crippen molar-refractivity contribution >= 4 is 5.97 Å². The summed E-state index contributed by atoms with van der Waals surface area (Å²) < 4.78 is 1.66. The van der Waals surface area contributed by atoms with Gasteiger partial charge in [-0.25, -0.2) is 0 Å². The maximum Gasteiger partial charge on any atom is 0.309 e. The minimum Gasteiger partial charge on any atom is -0.481 e. The molecule has 100 valence electrons. The quantitative estimate of drug-likeness (QED) is 0.897. The van der Waals surface area contributed by atoms with Crippen LogP contribution in [0, 0.1) is 0 Å². The fraction of sp³-hybridized carbons (Fsp3) is 0.333. The van der Waals surface area contributed by atoms with E-state index in [4.69, 9.17) is 5.11 Å². The van der Waals surface area contributed by atoms with Gasteiger partial charge in [0, 0.05) is 18.8 Å². The summed E-state index contributed by atoms with van der Waals surface area (Å²) in [6.07, 6.45) is 4.01. The number of nitrogens with zero attached hydrogens (tertiary/aromatic N) is 2. The third kappa shape index (κ3) is 3.22. The van der Waals surface area contributed by atoms with E-state index in [1.165, 1.54) is 5.56 Å². The Bertz CT molecular complexity index is 570. The van der Waals surface area contributed by atoms with Crippen LogP contribution in [0.3, 0.4) is 0 Å². The first-order valence-electron chi connectivity index (χ1n) is 6.43. The fourth-order valence-corrected chi connectivity index (χ4v) is 2.19. The highest BCUT2D eigenvalue weighted by Crippen LogP contribution is 2.24. The maximum absolute atomic E-state index is 10.9. The molecule has 0 radical (unpaired) electrons. The zero-order valence-electron chi connectivity index (χ0n) is 11.3. The number of carbonyl (C=O) groups is 1. The predicted octanol–water partition coefficient (Wildman–Crippen LogP) is 2.67. The molecule has 0 aliphatic carbocycles. The zero-order chi connectivity index (χ0) is 13.8. The molecule has 2 rings (SSSR count). The Hall–Kier alpha value is -2.10. The molecule has 0 aliphatic heterocycles. The van der Waals surface area contributed by atoms with Crippen LogP contribution in [0.15, 0.2) is 30.5 Å². The van der Waals surface area contributed by atoms with Gasteiger partial charge in [0.1, 0.15) is 0 Å². The molecule has 0 fully saturated rings. The molecule has 0 aliphatic rings. The molecule has 0 amide bonds. The van der Waals surface area contributed by atoms with Gasteiger partial charge in [-0.2, -0.15) is 5.10 Å². The number of hydrogen-bond acceptors (Lipinski definition) is 2. The van der Waals surface area contributed by atoms with E-state index < -0.39 is 5.97 Å². The van der Waals surface area contributed by atoms with Gasteiger partial charge in [0.05, 0.1) is 12.1 Å². The summed E-state index contributed by atoms with van der Waals surface area (Å²) in [7, 11) is 1.81. The van der Waals surface area contributed by atoms with Crippen LogP contribution >= 0.6 is 0 Å². The lowest BCUT2D eigenvalue weighted by atomic mass is 10.0. The highest BCUT2D eigenvalue weighted by Gasteiger charge is 2.12. The fourth-order valence-electron chi connectivity index (χ4n) is 2.19. The molecule has 1 heterocycles. The molecule has 1 aromatic carbocycles. The van der Waals surface area contributed by atoms with Gasteiger partial charge in [0.15, 0.2) is 0 Å². The van der Waals surface area contributed by atoms with Gasteiger partial charge in [-0.1, -0.05) is 37.6 Å². The van der Waals surface area contributed by atoms with E-state index in [0.717, 1.165) is 24.0 Å². The van der Waals surface area contributed by atoms with Crippen molar-refractivity contribution < 1.29 is 9.90 Å². The van der Waals surface area contributed by atoms with Gasteiger partial charge in [-0.05, 0) is 17.5 Å². The van der Waals surface area contributed by atoms with Gasteiger partial charge in [-0.15, -0.1) is 0 Å². The van der Waals surface area contributed by atoms with Crippen LogP contribution in [0.25, 0.3) is 11.1 Å². The van der Waals surface area contributed by atoms with Crippen molar-refractivity contribution in [2.45, 2.75) is 26.2 Å². The lowest BCUT2D eigenvalue weighted by molar-refractivity contribution is -0.136. The number of hydrogen-bond donors (Lipinski definition) is 1. The molecule has 0 saturated heterocycles. The van der Waals surface area contributed by atoms with Gasteiger partial charge < -0.3 is 5.11 Å². The largest absolute Gasteiger partial charge is 0.481 e. The van der Waals surface area contributed by atoms with Crippen molar-refractivity contribution in [3.8, 4) is 11.1 Å². The predicted molar refractivity (Wildman–Crippen MR) is 74.0 cm³/mol. The van der Waals surface area contributed by atoms with E-state index in [0.29, 0.717) is 5.69 Å². The second-order valence-electron chi connectivity index (χ2n) is 4.68. The highest BCUT2D eigenvalue weighted by atomic mass is 16.4. The minimum absolute atomic E-state index is 0.0487. The molecule has 2 aromatic rings. The topological polar surface area (TPSA) is 55.1 Å². The molecular weight excluding hydrogens is 240 g/mol. The van der Waals surface area contributed by atoms with Crippen molar-refractivity contribution in [3.05, 3.63) is 41.7 Å². The standard InChI is InChI=1S/C15H18N2O2/c1-3-4-11-5-7-12(8-6-11)13-10-17(2)16-14(13)9-15(18)19/h5-8,10H,3-4,9H2,1-2H3,(H,18,19). The normalized spacial score (nSPS) is 10.6. The summed E-state index contributed by atoms with van der Waals surface area (Å²) in [4.78, 5) is 10.9. The van der Waals surface area contributed by atoms with E-state index in [1.54, 1.807) is 11.7 Å². The van der Waals surface area contributed by atoms with E-state index in [1.807, 2.05) is 18.3 Å². The summed E-state index contributed by atoms with van der Waals surface area (Å²) in [5, 5.41) is 13.1.